The highest BCUT2D eigenvalue weighted by atomic mass is 79.9. The third kappa shape index (κ3) is 2.00. The molecule has 1 aromatic heterocycles. The van der Waals surface area contributed by atoms with Crippen LogP contribution in [0.2, 0.25) is 0 Å². The molecule has 2 heterocycles. The van der Waals surface area contributed by atoms with Gasteiger partial charge in [-0.3, -0.25) is 4.68 Å². The average molecular weight is 253 g/mol. The van der Waals surface area contributed by atoms with Gasteiger partial charge in [-0.05, 0) is 28.9 Å². The summed E-state index contributed by atoms with van der Waals surface area (Å²) in [4.78, 5) is 0. The molecule has 1 atom stereocenters. The van der Waals surface area contributed by atoms with Gasteiger partial charge in [0.25, 0.3) is 0 Å². The van der Waals surface area contributed by atoms with Gasteiger partial charge in [-0.25, -0.2) is 0 Å². The minimum absolute atomic E-state index is 0. The van der Waals surface area contributed by atoms with Crippen LogP contribution in [0.1, 0.15) is 12.5 Å². The lowest BCUT2D eigenvalue weighted by Crippen LogP contribution is -2.13. The van der Waals surface area contributed by atoms with Gasteiger partial charge in [0.15, 0.2) is 0 Å². The van der Waals surface area contributed by atoms with Crippen LogP contribution >= 0.6 is 28.3 Å². The Morgan fingerprint density at radius 2 is 2.50 bits per heavy atom. The largest absolute Gasteiger partial charge is 0.315 e. The molecule has 0 saturated carbocycles. The molecule has 1 aromatic rings. The fourth-order valence-corrected chi connectivity index (χ4v) is 1.68. The molecule has 0 spiro atoms. The van der Waals surface area contributed by atoms with Crippen molar-refractivity contribution >= 4 is 28.3 Å². The molecular formula is C7H11BrClN3. The van der Waals surface area contributed by atoms with E-state index in [1.54, 1.807) is 0 Å². The van der Waals surface area contributed by atoms with Gasteiger partial charge in [0.2, 0.25) is 0 Å². The predicted molar refractivity (Wildman–Crippen MR) is 53.7 cm³/mol. The van der Waals surface area contributed by atoms with E-state index in [1.807, 2.05) is 17.1 Å². The fourth-order valence-electron chi connectivity index (χ4n) is 1.38. The van der Waals surface area contributed by atoms with E-state index in [9.17, 15) is 0 Å². The van der Waals surface area contributed by atoms with Crippen molar-refractivity contribution in [2.24, 2.45) is 0 Å². The molecule has 0 unspecified atom stereocenters. The summed E-state index contributed by atoms with van der Waals surface area (Å²) in [5.41, 5.74) is 0. The normalized spacial score (nSPS) is 22.2. The summed E-state index contributed by atoms with van der Waals surface area (Å²) in [6.07, 6.45) is 5.05. The zero-order chi connectivity index (χ0) is 7.68. The van der Waals surface area contributed by atoms with E-state index >= 15 is 0 Å². The lowest BCUT2D eigenvalue weighted by molar-refractivity contribution is 0.490. The number of aromatic nitrogens is 2. The van der Waals surface area contributed by atoms with Gasteiger partial charge in [0, 0.05) is 12.7 Å². The third-order valence-electron chi connectivity index (χ3n) is 1.98. The summed E-state index contributed by atoms with van der Waals surface area (Å²) >= 11 is 3.38. The highest BCUT2D eigenvalue weighted by molar-refractivity contribution is 9.10. The van der Waals surface area contributed by atoms with Crippen LogP contribution in [-0.2, 0) is 0 Å². The van der Waals surface area contributed by atoms with Crippen molar-refractivity contribution < 1.29 is 0 Å². The van der Waals surface area contributed by atoms with Gasteiger partial charge in [-0.1, -0.05) is 0 Å². The first-order valence-corrected chi connectivity index (χ1v) is 4.56. The Kier molecular flexibility index (Phi) is 3.55. The third-order valence-corrected chi connectivity index (χ3v) is 2.39. The van der Waals surface area contributed by atoms with Crippen LogP contribution in [0.3, 0.4) is 0 Å². The van der Waals surface area contributed by atoms with Crippen molar-refractivity contribution in [1.82, 2.24) is 15.1 Å². The van der Waals surface area contributed by atoms with Gasteiger partial charge in [-0.2, -0.15) is 5.10 Å². The Hall–Kier alpha value is -0.0600. The monoisotopic (exact) mass is 251 g/mol. The molecule has 0 aromatic carbocycles. The molecule has 0 amide bonds. The molecule has 1 aliphatic heterocycles. The number of halogens is 2. The van der Waals surface area contributed by atoms with Gasteiger partial charge in [-0.15, -0.1) is 12.4 Å². The van der Waals surface area contributed by atoms with Crippen molar-refractivity contribution in [2.45, 2.75) is 12.5 Å². The molecule has 0 radical (unpaired) electrons. The van der Waals surface area contributed by atoms with Crippen molar-refractivity contribution in [2.75, 3.05) is 13.1 Å². The molecule has 0 aliphatic carbocycles. The zero-order valence-electron chi connectivity index (χ0n) is 6.53. The molecular weight excluding hydrogens is 241 g/mol. The van der Waals surface area contributed by atoms with E-state index in [1.165, 1.54) is 6.42 Å². The second kappa shape index (κ2) is 4.25. The van der Waals surface area contributed by atoms with Gasteiger partial charge in [0.05, 0.1) is 16.7 Å². The molecule has 1 fully saturated rings. The Labute approximate surface area is 86.1 Å². The van der Waals surface area contributed by atoms with E-state index in [4.69, 9.17) is 0 Å². The van der Waals surface area contributed by atoms with E-state index in [0.717, 1.165) is 17.6 Å². The van der Waals surface area contributed by atoms with E-state index in [0.29, 0.717) is 6.04 Å². The maximum atomic E-state index is 4.23. The number of hydrogen-bond donors (Lipinski definition) is 1. The zero-order valence-corrected chi connectivity index (χ0v) is 8.94. The lowest BCUT2D eigenvalue weighted by Gasteiger charge is -2.07. The number of rotatable bonds is 1. The standard InChI is InChI=1S/C7H10BrN3.ClH/c8-6-3-10-11(5-6)7-1-2-9-4-7;/h3,5,7,9H,1-2,4H2;1H/t7-;/m1./s1. The van der Waals surface area contributed by atoms with Crippen LogP contribution in [0.5, 0.6) is 0 Å². The highest BCUT2D eigenvalue weighted by Gasteiger charge is 2.16. The van der Waals surface area contributed by atoms with Crippen LogP contribution < -0.4 is 5.32 Å². The first-order chi connectivity index (χ1) is 5.36. The summed E-state index contributed by atoms with van der Waals surface area (Å²) in [5.74, 6) is 0. The van der Waals surface area contributed by atoms with E-state index in [2.05, 4.69) is 26.3 Å². The van der Waals surface area contributed by atoms with Crippen molar-refractivity contribution in [3.63, 3.8) is 0 Å². The first kappa shape index (κ1) is 10.0. The summed E-state index contributed by atoms with van der Waals surface area (Å²) in [7, 11) is 0. The molecule has 0 bridgehead atoms. The van der Waals surface area contributed by atoms with Crippen LogP contribution in [0.25, 0.3) is 0 Å². The summed E-state index contributed by atoms with van der Waals surface area (Å²) in [5, 5.41) is 7.53. The van der Waals surface area contributed by atoms with Crippen molar-refractivity contribution in [1.29, 1.82) is 0 Å². The Bertz CT molecular complexity index is 245. The molecule has 12 heavy (non-hydrogen) atoms. The quantitative estimate of drug-likeness (QED) is 0.823. The highest BCUT2D eigenvalue weighted by Crippen LogP contribution is 2.16. The summed E-state index contributed by atoms with van der Waals surface area (Å²) in [6, 6.07) is 0.557. The van der Waals surface area contributed by atoms with Gasteiger partial charge in [0.1, 0.15) is 0 Å². The molecule has 3 nitrogen and oxygen atoms in total. The molecule has 1 N–H and O–H groups in total. The summed E-state index contributed by atoms with van der Waals surface area (Å²) < 4.78 is 3.08. The number of nitrogens with one attached hydrogen (secondary N) is 1. The first-order valence-electron chi connectivity index (χ1n) is 3.76. The predicted octanol–water partition coefficient (Wildman–Crippen LogP) is 1.60. The Morgan fingerprint density at radius 3 is 3.00 bits per heavy atom. The van der Waals surface area contributed by atoms with Crippen LogP contribution in [-0.4, -0.2) is 22.9 Å². The maximum absolute atomic E-state index is 4.23. The van der Waals surface area contributed by atoms with Crippen molar-refractivity contribution in [3.05, 3.63) is 16.9 Å². The van der Waals surface area contributed by atoms with E-state index in [-0.39, 0.29) is 12.4 Å². The smallest absolute Gasteiger partial charge is 0.0656 e. The Balaban J connectivity index is 0.000000720. The second-order valence-corrected chi connectivity index (χ2v) is 3.70. The number of hydrogen-bond acceptors (Lipinski definition) is 2. The molecule has 68 valence electrons. The van der Waals surface area contributed by atoms with Gasteiger partial charge < -0.3 is 5.32 Å². The maximum Gasteiger partial charge on any atom is 0.0656 e. The Morgan fingerprint density at radius 1 is 1.67 bits per heavy atom. The average Bonchev–Trinajstić information content (AvgIpc) is 2.55. The molecule has 1 saturated heterocycles. The van der Waals surface area contributed by atoms with Crippen LogP contribution in [0, 0.1) is 0 Å². The SMILES string of the molecule is Brc1cnn([C@@H]2CCNC2)c1.Cl. The van der Waals surface area contributed by atoms with E-state index < -0.39 is 0 Å². The van der Waals surface area contributed by atoms with Crippen LogP contribution in [0.4, 0.5) is 0 Å². The molecule has 2 rings (SSSR count). The minimum atomic E-state index is 0. The van der Waals surface area contributed by atoms with Crippen molar-refractivity contribution in [3.8, 4) is 0 Å². The number of nitrogens with zero attached hydrogens (tertiary/aromatic N) is 2. The molecule has 1 aliphatic rings. The van der Waals surface area contributed by atoms with Gasteiger partial charge >= 0.3 is 0 Å². The van der Waals surface area contributed by atoms with Crippen LogP contribution in [0.15, 0.2) is 16.9 Å². The topological polar surface area (TPSA) is 29.9 Å². The molecule has 5 heteroatoms. The summed E-state index contributed by atoms with van der Waals surface area (Å²) in [6.45, 7) is 2.16. The minimum Gasteiger partial charge on any atom is -0.315 e. The fraction of sp³-hybridized carbons (Fsp3) is 0.571. The second-order valence-electron chi connectivity index (χ2n) is 2.79. The lowest BCUT2D eigenvalue weighted by atomic mass is 10.3.